The lowest BCUT2D eigenvalue weighted by Gasteiger charge is -2.37. The summed E-state index contributed by atoms with van der Waals surface area (Å²) in [6, 6.07) is 15.0. The third kappa shape index (κ3) is 7.92. The van der Waals surface area contributed by atoms with Gasteiger partial charge in [-0.05, 0) is 72.0 Å². The Hall–Kier alpha value is -4.59. The van der Waals surface area contributed by atoms with Crippen molar-refractivity contribution < 1.29 is 53.4 Å². The summed E-state index contributed by atoms with van der Waals surface area (Å²) in [7, 11) is 0. The summed E-state index contributed by atoms with van der Waals surface area (Å²) >= 11 is 0. The molecule has 14 heteroatoms. The maximum Gasteiger partial charge on any atom is 0.461 e. The van der Waals surface area contributed by atoms with Crippen molar-refractivity contribution in [1.82, 2.24) is 10.6 Å². The molecule has 1 unspecified atom stereocenters. The Bertz CT molecular complexity index is 1780. The lowest BCUT2D eigenvalue weighted by Crippen LogP contribution is -2.49. The average Bonchev–Trinajstić information content (AvgIpc) is 3.84. The number of ether oxygens (including phenoxy) is 1. The van der Waals surface area contributed by atoms with E-state index in [1.807, 2.05) is 0 Å². The van der Waals surface area contributed by atoms with Crippen LogP contribution in [-0.4, -0.2) is 24.5 Å². The van der Waals surface area contributed by atoms with Crippen LogP contribution in [0.4, 0.5) is 43.9 Å². The first-order valence-electron chi connectivity index (χ1n) is 14.5. The Balaban J connectivity index is 1.73. The minimum absolute atomic E-state index is 0.00469. The first kappa shape index (κ1) is 34.7. The van der Waals surface area contributed by atoms with Gasteiger partial charge in [-0.2, -0.15) is 30.7 Å². The molecule has 1 saturated carbocycles. The third-order valence-electron chi connectivity index (χ3n) is 7.74. The predicted octanol–water partition coefficient (Wildman–Crippen LogP) is 8.53. The molecule has 1 fully saturated rings. The summed E-state index contributed by atoms with van der Waals surface area (Å²) in [5.74, 6) is -5.92. The largest absolute Gasteiger partial charge is 0.461 e. The fourth-order valence-corrected chi connectivity index (χ4v) is 5.20. The van der Waals surface area contributed by atoms with Crippen molar-refractivity contribution >= 4 is 5.91 Å². The van der Waals surface area contributed by atoms with Crippen LogP contribution in [0.2, 0.25) is 0 Å². The summed E-state index contributed by atoms with van der Waals surface area (Å²) in [6.45, 7) is 0.00469. The van der Waals surface area contributed by atoms with Gasteiger partial charge >= 0.3 is 18.7 Å². The molecule has 0 saturated heterocycles. The second-order valence-electron chi connectivity index (χ2n) is 11.3. The van der Waals surface area contributed by atoms with Crippen LogP contribution in [0.1, 0.15) is 51.0 Å². The van der Waals surface area contributed by atoms with Gasteiger partial charge in [-0.25, -0.2) is 13.2 Å². The van der Waals surface area contributed by atoms with Crippen molar-refractivity contribution in [2.45, 2.75) is 56.1 Å². The number of carbonyl (C=O) groups excluding carboxylic acids is 1. The number of hydrogen-bond donors (Lipinski definition) is 2. The summed E-state index contributed by atoms with van der Waals surface area (Å²) < 4.78 is 143. The Morgan fingerprint density at radius 2 is 1.50 bits per heavy atom. The van der Waals surface area contributed by atoms with Crippen molar-refractivity contribution in [1.29, 1.82) is 0 Å². The highest BCUT2D eigenvalue weighted by Gasteiger charge is 2.45. The first-order valence-corrected chi connectivity index (χ1v) is 14.5. The molecule has 4 aromatic carbocycles. The van der Waals surface area contributed by atoms with E-state index in [2.05, 4.69) is 15.4 Å². The Labute approximate surface area is 267 Å². The second-order valence-corrected chi connectivity index (χ2v) is 11.3. The zero-order valence-electron chi connectivity index (χ0n) is 24.7. The zero-order valence-corrected chi connectivity index (χ0v) is 24.7. The van der Waals surface area contributed by atoms with Crippen LogP contribution in [0.5, 0.6) is 5.75 Å². The summed E-state index contributed by atoms with van der Waals surface area (Å²) in [4.78, 5) is 13.8. The number of alkyl halides is 7. The highest BCUT2D eigenvalue weighted by atomic mass is 19.4. The first-order chi connectivity index (χ1) is 22.6. The molecule has 5 rings (SSSR count). The number of amides is 1. The second kappa shape index (κ2) is 13.5. The number of benzene rings is 4. The van der Waals surface area contributed by atoms with Crippen LogP contribution < -0.4 is 15.4 Å². The van der Waals surface area contributed by atoms with Gasteiger partial charge in [-0.15, -0.1) is 0 Å². The SMILES string of the molecule is O=C(NC(Cc1ccccc1)(c1cc(F)cc(OC(F)(F)C(F)F)c1)c1ccc(F)c(CNC2CC2)c1)c1ccc(F)c(C(F)(F)F)c1. The van der Waals surface area contributed by atoms with E-state index >= 15 is 8.78 Å². The van der Waals surface area contributed by atoms with E-state index in [1.54, 1.807) is 30.3 Å². The fourth-order valence-electron chi connectivity index (χ4n) is 5.20. The molecule has 0 bridgehead atoms. The van der Waals surface area contributed by atoms with Crippen LogP contribution in [0.25, 0.3) is 0 Å². The molecule has 4 nitrogen and oxygen atoms in total. The molecular weight excluding hydrogens is 658 g/mol. The van der Waals surface area contributed by atoms with Gasteiger partial charge in [-0.3, -0.25) is 4.79 Å². The van der Waals surface area contributed by atoms with Crippen molar-refractivity contribution in [3.05, 3.63) is 136 Å². The Morgan fingerprint density at radius 3 is 2.15 bits per heavy atom. The number of nitrogens with one attached hydrogen (secondary N) is 2. The van der Waals surface area contributed by atoms with Crippen LogP contribution in [0, 0.1) is 17.5 Å². The van der Waals surface area contributed by atoms with Crippen molar-refractivity contribution in [3.63, 3.8) is 0 Å². The van der Waals surface area contributed by atoms with Crippen molar-refractivity contribution in [3.8, 4) is 5.75 Å². The zero-order chi connectivity index (χ0) is 34.9. The van der Waals surface area contributed by atoms with E-state index < -0.39 is 64.5 Å². The molecule has 1 aliphatic rings. The van der Waals surface area contributed by atoms with Gasteiger partial charge in [0.05, 0.1) is 11.1 Å². The van der Waals surface area contributed by atoms with E-state index in [0.717, 1.165) is 37.1 Å². The molecule has 0 spiro atoms. The molecule has 48 heavy (non-hydrogen) atoms. The normalized spacial score (nSPS) is 14.9. The Morgan fingerprint density at radius 1 is 0.812 bits per heavy atom. The van der Waals surface area contributed by atoms with Gasteiger partial charge in [-0.1, -0.05) is 36.4 Å². The van der Waals surface area contributed by atoms with Crippen LogP contribution in [0.3, 0.4) is 0 Å². The topological polar surface area (TPSA) is 50.4 Å². The van der Waals surface area contributed by atoms with Crippen LogP contribution in [0.15, 0.2) is 84.9 Å². The van der Waals surface area contributed by atoms with E-state index in [1.165, 1.54) is 12.1 Å². The summed E-state index contributed by atoms with van der Waals surface area (Å²) in [5, 5.41) is 5.69. The summed E-state index contributed by atoms with van der Waals surface area (Å²) in [5.41, 5.74) is -4.41. The molecule has 0 aliphatic heterocycles. The number of rotatable bonds is 12. The number of halogens is 10. The van der Waals surface area contributed by atoms with Gasteiger partial charge in [0.1, 0.15) is 23.2 Å². The Kier molecular flexibility index (Phi) is 9.77. The molecule has 1 amide bonds. The van der Waals surface area contributed by atoms with Gasteiger partial charge in [0.25, 0.3) is 5.91 Å². The van der Waals surface area contributed by atoms with Gasteiger partial charge in [0.15, 0.2) is 0 Å². The fraction of sp³-hybridized carbons (Fsp3) is 0.265. The maximum absolute atomic E-state index is 15.2. The lowest BCUT2D eigenvalue weighted by molar-refractivity contribution is -0.253. The smallest absolute Gasteiger partial charge is 0.428 e. The highest BCUT2D eigenvalue weighted by Crippen LogP contribution is 2.39. The van der Waals surface area contributed by atoms with Gasteiger partial charge in [0.2, 0.25) is 0 Å². The molecule has 0 heterocycles. The molecule has 0 aromatic heterocycles. The minimum Gasteiger partial charge on any atom is -0.428 e. The van der Waals surface area contributed by atoms with E-state index in [0.29, 0.717) is 17.7 Å². The average molecular weight is 685 g/mol. The molecule has 1 aliphatic carbocycles. The van der Waals surface area contributed by atoms with Gasteiger partial charge in [0, 0.05) is 36.2 Å². The number of hydrogen-bond acceptors (Lipinski definition) is 3. The van der Waals surface area contributed by atoms with E-state index in [4.69, 9.17) is 0 Å². The molecular formula is C34H26F10N2O2. The lowest BCUT2D eigenvalue weighted by atomic mass is 9.77. The molecule has 1 atom stereocenters. The maximum atomic E-state index is 15.2. The predicted molar refractivity (Wildman–Crippen MR) is 154 cm³/mol. The monoisotopic (exact) mass is 684 g/mol. The third-order valence-corrected chi connectivity index (χ3v) is 7.74. The quantitative estimate of drug-likeness (QED) is 0.147. The highest BCUT2D eigenvalue weighted by molar-refractivity contribution is 5.95. The molecule has 254 valence electrons. The molecule has 4 aromatic rings. The van der Waals surface area contributed by atoms with Gasteiger partial charge < -0.3 is 15.4 Å². The van der Waals surface area contributed by atoms with Crippen LogP contribution in [-0.2, 0) is 24.7 Å². The minimum atomic E-state index is -5.19. The van der Waals surface area contributed by atoms with E-state index in [-0.39, 0.29) is 41.8 Å². The van der Waals surface area contributed by atoms with E-state index in [9.17, 15) is 39.9 Å². The number of carbonyl (C=O) groups is 1. The van der Waals surface area contributed by atoms with Crippen molar-refractivity contribution in [2.24, 2.45) is 0 Å². The standard InChI is InChI=1S/C34H26F10N2O2/c35-24-14-23(15-26(16-24)48-34(43,44)31(38)39)32(17-19-4-2-1-3-5-19,22-7-11-28(36)21(12-22)18-45-25-8-9-25)46-30(47)20-6-10-29(37)27(13-20)33(40,41)42/h1-7,10-16,25,31,45H,8-9,17-18H2,(H,46,47). The van der Waals surface area contributed by atoms with Crippen LogP contribution >= 0.6 is 0 Å². The molecule has 2 N–H and O–H groups in total. The molecule has 0 radical (unpaired) electrons. The van der Waals surface area contributed by atoms with Crippen molar-refractivity contribution in [2.75, 3.05) is 0 Å². The summed E-state index contributed by atoms with van der Waals surface area (Å²) in [6.07, 6.45) is -13.2.